The maximum absolute atomic E-state index is 13.3. The van der Waals surface area contributed by atoms with Crippen LogP contribution in [0.1, 0.15) is 30.5 Å². The minimum atomic E-state index is -0.232. The fourth-order valence-corrected chi connectivity index (χ4v) is 2.84. The van der Waals surface area contributed by atoms with E-state index in [2.05, 4.69) is 30.1 Å². The van der Waals surface area contributed by atoms with E-state index in [9.17, 15) is 9.18 Å². The number of hydrogen-bond acceptors (Lipinski definition) is 3. The second kappa shape index (κ2) is 10.3. The third-order valence-electron chi connectivity index (χ3n) is 3.78. The topological polar surface area (TPSA) is 50.2 Å². The number of carbonyl (C=O) groups is 1. The molecule has 0 aliphatic carbocycles. The number of benzene rings is 2. The largest absolute Gasteiger partial charge is 0.512 e. The van der Waals surface area contributed by atoms with Gasteiger partial charge in [0.15, 0.2) is 5.78 Å². The first-order valence-corrected chi connectivity index (χ1v) is 8.61. The Labute approximate surface area is 178 Å². The van der Waals surface area contributed by atoms with E-state index >= 15 is 0 Å². The van der Waals surface area contributed by atoms with Gasteiger partial charge in [-0.25, -0.2) is 4.39 Å². The molecule has 0 atom stereocenters. The summed E-state index contributed by atoms with van der Waals surface area (Å²) in [6.07, 6.45) is 1.17. The molecule has 2 aromatic carbocycles. The number of carbonyl (C=O) groups excluding carboxylic acids is 1. The normalized spacial score (nSPS) is 10.7. The molecule has 0 saturated heterocycles. The number of aliphatic hydroxyl groups is 1. The van der Waals surface area contributed by atoms with Crippen LogP contribution in [0.4, 0.5) is 4.39 Å². The third kappa shape index (κ3) is 6.66. The Bertz CT molecular complexity index is 1000. The molecule has 0 bridgehead atoms. The van der Waals surface area contributed by atoms with E-state index in [1.807, 2.05) is 19.9 Å². The molecule has 0 aliphatic heterocycles. The minimum Gasteiger partial charge on any atom is -0.512 e. The zero-order valence-corrected chi connectivity index (χ0v) is 19.0. The first kappa shape index (κ1) is 23.7. The number of aryl methyl sites for hydroxylation is 3. The van der Waals surface area contributed by atoms with E-state index in [4.69, 9.17) is 5.11 Å². The Hall–Kier alpha value is -2.36. The van der Waals surface area contributed by atoms with E-state index in [1.165, 1.54) is 37.6 Å². The fourth-order valence-electron chi connectivity index (χ4n) is 2.84. The number of aromatic nitrogens is 1. The summed E-state index contributed by atoms with van der Waals surface area (Å²) in [5.41, 5.74) is 6.03. The summed E-state index contributed by atoms with van der Waals surface area (Å²) in [5.74, 6) is -0.295. The summed E-state index contributed by atoms with van der Waals surface area (Å²) in [7, 11) is 0. The van der Waals surface area contributed by atoms with Gasteiger partial charge in [-0.05, 0) is 44.7 Å². The monoisotopic (exact) mass is 557 g/mol. The summed E-state index contributed by atoms with van der Waals surface area (Å²) >= 11 is 0. The number of ketones is 1. The van der Waals surface area contributed by atoms with Crippen molar-refractivity contribution in [3.05, 3.63) is 76.8 Å². The Morgan fingerprint density at radius 3 is 2.32 bits per heavy atom. The van der Waals surface area contributed by atoms with E-state index in [0.29, 0.717) is 0 Å². The summed E-state index contributed by atoms with van der Waals surface area (Å²) in [4.78, 5) is 14.7. The Morgan fingerprint density at radius 2 is 1.79 bits per heavy atom. The maximum atomic E-state index is 13.3. The molecular weight excluding hydrogens is 533 g/mol. The fraction of sp³-hybridized carbons (Fsp3) is 0.217. The van der Waals surface area contributed by atoms with Crippen LogP contribution in [0, 0.1) is 32.7 Å². The number of allylic oxidation sites excluding steroid dienone is 2. The molecule has 1 radical (unpaired) electrons. The summed E-state index contributed by atoms with van der Waals surface area (Å²) < 4.78 is 13.3. The van der Waals surface area contributed by atoms with Crippen molar-refractivity contribution in [3.63, 3.8) is 0 Å². The van der Waals surface area contributed by atoms with Gasteiger partial charge in [0, 0.05) is 31.6 Å². The Kier molecular flexibility index (Phi) is 8.67. The number of nitrogens with zero attached hydrogens (tertiary/aromatic N) is 1. The van der Waals surface area contributed by atoms with E-state index < -0.39 is 0 Å². The van der Waals surface area contributed by atoms with Crippen molar-refractivity contribution in [2.75, 3.05) is 0 Å². The average molecular weight is 557 g/mol. The average Bonchev–Trinajstić information content (AvgIpc) is 2.52. The molecule has 149 valence electrons. The zero-order chi connectivity index (χ0) is 20.1. The standard InChI is InChI=1S/C18H15FN.C5H8O2.Ir/c1-11-6-12(2)8-15(7-11)18-13(3)9-14-10-16(19)4-5-17(14)20-18;1-4(6)3-5(2)7;/h4-7,9-10H,1-3H3;3,6H,1-2H3;/q-1;;/b;4-3-;. The zero-order valence-electron chi connectivity index (χ0n) is 16.6. The molecular formula is C23H23FIrNO2-. The molecule has 3 rings (SSSR count). The van der Waals surface area contributed by atoms with Crippen LogP contribution >= 0.6 is 0 Å². The molecule has 1 N–H and O–H groups in total. The van der Waals surface area contributed by atoms with E-state index in [-0.39, 0.29) is 37.5 Å². The molecule has 5 heteroatoms. The Morgan fingerprint density at radius 1 is 1.11 bits per heavy atom. The van der Waals surface area contributed by atoms with Gasteiger partial charge in [-0.3, -0.25) is 9.78 Å². The summed E-state index contributed by atoms with van der Waals surface area (Å²) in [6, 6.07) is 14.2. The number of pyridine rings is 1. The summed E-state index contributed by atoms with van der Waals surface area (Å²) in [5, 5.41) is 9.19. The molecule has 3 aromatic rings. The molecule has 28 heavy (non-hydrogen) atoms. The van der Waals surface area contributed by atoms with Gasteiger partial charge in [0.1, 0.15) is 5.82 Å². The van der Waals surface area contributed by atoms with Gasteiger partial charge in [-0.1, -0.05) is 25.5 Å². The van der Waals surface area contributed by atoms with Crippen molar-refractivity contribution in [1.82, 2.24) is 4.98 Å². The summed E-state index contributed by atoms with van der Waals surface area (Å²) in [6.45, 7) is 8.94. The predicted molar refractivity (Wildman–Crippen MR) is 107 cm³/mol. The van der Waals surface area contributed by atoms with Crippen molar-refractivity contribution in [2.45, 2.75) is 34.6 Å². The molecule has 0 spiro atoms. The van der Waals surface area contributed by atoms with Gasteiger partial charge < -0.3 is 5.11 Å². The first-order valence-electron chi connectivity index (χ1n) is 8.61. The molecule has 0 amide bonds. The second-order valence-corrected chi connectivity index (χ2v) is 6.64. The molecule has 0 aliphatic rings. The van der Waals surface area contributed by atoms with E-state index in [1.54, 1.807) is 6.07 Å². The van der Waals surface area contributed by atoms with Crippen LogP contribution in [0.25, 0.3) is 22.2 Å². The number of halogens is 1. The molecule has 0 unspecified atom stereocenters. The van der Waals surface area contributed by atoms with Crippen LogP contribution in [-0.2, 0) is 24.9 Å². The maximum Gasteiger partial charge on any atom is 0.155 e. The van der Waals surface area contributed by atoms with Crippen LogP contribution in [0.5, 0.6) is 0 Å². The van der Waals surface area contributed by atoms with Gasteiger partial charge in [0.2, 0.25) is 0 Å². The molecule has 1 aromatic heterocycles. The number of aliphatic hydroxyl groups excluding tert-OH is 1. The minimum absolute atomic E-state index is 0. The van der Waals surface area contributed by atoms with Gasteiger partial charge in [0.05, 0.1) is 11.3 Å². The molecule has 3 nitrogen and oxygen atoms in total. The van der Waals surface area contributed by atoms with Crippen molar-refractivity contribution >= 4 is 16.7 Å². The van der Waals surface area contributed by atoms with Crippen LogP contribution in [0.2, 0.25) is 0 Å². The van der Waals surface area contributed by atoms with Crippen LogP contribution in [0.3, 0.4) is 0 Å². The molecule has 0 saturated carbocycles. The van der Waals surface area contributed by atoms with E-state index in [0.717, 1.165) is 33.3 Å². The van der Waals surface area contributed by atoms with Gasteiger partial charge in [-0.2, -0.15) is 0 Å². The second-order valence-electron chi connectivity index (χ2n) is 6.64. The van der Waals surface area contributed by atoms with Gasteiger partial charge in [0.25, 0.3) is 0 Å². The third-order valence-corrected chi connectivity index (χ3v) is 3.78. The number of hydrogen-bond donors (Lipinski definition) is 1. The molecule has 1 heterocycles. The van der Waals surface area contributed by atoms with Crippen molar-refractivity contribution in [1.29, 1.82) is 0 Å². The molecule has 0 fully saturated rings. The van der Waals surface area contributed by atoms with Crippen LogP contribution in [-0.4, -0.2) is 15.9 Å². The number of rotatable bonds is 2. The quantitative estimate of drug-likeness (QED) is 0.247. The van der Waals surface area contributed by atoms with Crippen molar-refractivity contribution in [2.24, 2.45) is 0 Å². The smallest absolute Gasteiger partial charge is 0.155 e. The SMILES string of the molecule is CC(=O)/C=C(/C)O.Cc1[c-]c(-c2nc3ccc(F)cc3cc2C)cc(C)c1.[Ir]. The predicted octanol–water partition coefficient (Wildman–Crippen LogP) is 5.80. The van der Waals surface area contributed by atoms with Crippen LogP contribution in [0.15, 0.2) is 48.2 Å². The Balaban J connectivity index is 0.000000425. The number of fused-ring (bicyclic) bond motifs is 1. The van der Waals surface area contributed by atoms with Gasteiger partial charge in [-0.15, -0.1) is 34.9 Å². The van der Waals surface area contributed by atoms with Crippen molar-refractivity contribution < 1.29 is 34.4 Å². The first-order chi connectivity index (χ1) is 12.7. The van der Waals surface area contributed by atoms with Crippen molar-refractivity contribution in [3.8, 4) is 11.3 Å². The van der Waals surface area contributed by atoms with Gasteiger partial charge >= 0.3 is 0 Å². The van der Waals surface area contributed by atoms with Crippen LogP contribution < -0.4 is 0 Å².